The summed E-state index contributed by atoms with van der Waals surface area (Å²) in [5, 5.41) is 13.3. The second kappa shape index (κ2) is 8.71. The van der Waals surface area contributed by atoms with Gasteiger partial charge in [-0.25, -0.2) is 0 Å². The second-order valence-corrected chi connectivity index (χ2v) is 6.31. The molecule has 128 valence electrons. The number of nitrogens with zero attached hydrogens (tertiary/aromatic N) is 1. The molecule has 0 aliphatic rings. The van der Waals surface area contributed by atoms with Crippen molar-refractivity contribution in [2.24, 2.45) is 0 Å². The summed E-state index contributed by atoms with van der Waals surface area (Å²) in [6, 6.07) is 15.0. The van der Waals surface area contributed by atoms with Gasteiger partial charge in [-0.2, -0.15) is 0 Å². The first-order chi connectivity index (χ1) is 11.5. The van der Waals surface area contributed by atoms with E-state index < -0.39 is 0 Å². The maximum absolute atomic E-state index is 12.4. The molecule has 0 spiro atoms. The molecule has 0 bridgehead atoms. The third kappa shape index (κ3) is 4.98. The zero-order valence-electron chi connectivity index (χ0n) is 14.0. The van der Waals surface area contributed by atoms with Crippen molar-refractivity contribution in [2.45, 2.75) is 32.5 Å². The fourth-order valence-corrected chi connectivity index (χ4v) is 2.70. The van der Waals surface area contributed by atoms with Crippen molar-refractivity contribution >= 4 is 23.2 Å². The molecule has 1 amide bonds. The van der Waals surface area contributed by atoms with Gasteiger partial charge in [-0.3, -0.25) is 4.79 Å². The summed E-state index contributed by atoms with van der Waals surface area (Å²) in [6.45, 7) is 2.41. The number of amides is 1. The van der Waals surface area contributed by atoms with Gasteiger partial charge in [0.2, 0.25) is 5.91 Å². The molecular weight excluding hydrogens is 324 g/mol. The third-order valence-corrected chi connectivity index (χ3v) is 4.23. The molecule has 2 aromatic carbocycles. The Kier molecular flexibility index (Phi) is 6.64. The van der Waals surface area contributed by atoms with Crippen molar-refractivity contribution in [2.75, 3.05) is 12.4 Å². The molecular formula is C19H23ClN2O2. The van der Waals surface area contributed by atoms with Crippen LogP contribution in [-0.2, 0) is 17.9 Å². The number of para-hydroxylation sites is 1. The van der Waals surface area contributed by atoms with Crippen LogP contribution in [0.5, 0.6) is 0 Å². The van der Waals surface area contributed by atoms with Crippen molar-refractivity contribution in [3.8, 4) is 0 Å². The molecule has 2 N–H and O–H groups in total. The van der Waals surface area contributed by atoms with E-state index in [0.29, 0.717) is 18.0 Å². The van der Waals surface area contributed by atoms with Crippen molar-refractivity contribution in [1.82, 2.24) is 4.90 Å². The molecule has 2 rings (SSSR count). The van der Waals surface area contributed by atoms with Crippen LogP contribution in [0.2, 0.25) is 5.02 Å². The van der Waals surface area contributed by atoms with E-state index in [9.17, 15) is 9.90 Å². The van der Waals surface area contributed by atoms with Crippen LogP contribution in [0.1, 0.15) is 24.5 Å². The van der Waals surface area contributed by atoms with Crippen LogP contribution in [0.4, 0.5) is 5.69 Å². The Morgan fingerprint density at radius 1 is 1.17 bits per heavy atom. The van der Waals surface area contributed by atoms with E-state index in [1.165, 1.54) is 0 Å². The number of nitrogens with one attached hydrogen (secondary N) is 1. The van der Waals surface area contributed by atoms with Gasteiger partial charge in [0.1, 0.15) is 0 Å². The smallest absolute Gasteiger partial charge is 0.224 e. The predicted molar refractivity (Wildman–Crippen MR) is 98.0 cm³/mol. The van der Waals surface area contributed by atoms with Gasteiger partial charge in [-0.05, 0) is 24.6 Å². The number of benzene rings is 2. The summed E-state index contributed by atoms with van der Waals surface area (Å²) < 4.78 is 0. The summed E-state index contributed by atoms with van der Waals surface area (Å²) in [6.07, 6.45) is 0.362. The molecule has 0 saturated heterocycles. The molecule has 4 nitrogen and oxygen atoms in total. The van der Waals surface area contributed by atoms with Crippen LogP contribution >= 0.6 is 11.6 Å². The van der Waals surface area contributed by atoms with Crippen LogP contribution in [0, 0.1) is 0 Å². The van der Waals surface area contributed by atoms with Crippen molar-refractivity contribution in [3.05, 3.63) is 64.7 Å². The average Bonchev–Trinajstić information content (AvgIpc) is 2.57. The lowest BCUT2D eigenvalue weighted by Crippen LogP contribution is -2.31. The number of rotatable bonds is 7. The molecule has 24 heavy (non-hydrogen) atoms. The largest absolute Gasteiger partial charge is 0.392 e. The lowest BCUT2D eigenvalue weighted by Gasteiger charge is -2.22. The molecule has 0 aliphatic heterocycles. The maximum Gasteiger partial charge on any atom is 0.224 e. The molecule has 0 saturated carbocycles. The number of carbonyl (C=O) groups is 1. The normalized spacial score (nSPS) is 11.8. The summed E-state index contributed by atoms with van der Waals surface area (Å²) in [5.74, 6) is 0.0383. The first-order valence-corrected chi connectivity index (χ1v) is 8.31. The summed E-state index contributed by atoms with van der Waals surface area (Å²) >= 11 is 6.15. The lowest BCUT2D eigenvalue weighted by molar-refractivity contribution is -0.130. The molecule has 0 fully saturated rings. The Morgan fingerprint density at radius 3 is 2.46 bits per heavy atom. The highest BCUT2D eigenvalue weighted by Gasteiger charge is 2.15. The molecule has 2 aromatic rings. The first-order valence-electron chi connectivity index (χ1n) is 7.94. The topological polar surface area (TPSA) is 52.6 Å². The minimum atomic E-state index is -0.0427. The highest BCUT2D eigenvalue weighted by atomic mass is 35.5. The fraction of sp³-hybridized carbons (Fsp3) is 0.316. The highest BCUT2D eigenvalue weighted by Crippen LogP contribution is 2.19. The molecule has 0 heterocycles. The molecule has 0 radical (unpaired) electrons. The van der Waals surface area contributed by atoms with Gasteiger partial charge in [-0.15, -0.1) is 0 Å². The average molecular weight is 347 g/mol. The van der Waals surface area contributed by atoms with E-state index in [1.54, 1.807) is 11.9 Å². The van der Waals surface area contributed by atoms with Crippen LogP contribution in [-0.4, -0.2) is 29.0 Å². The summed E-state index contributed by atoms with van der Waals surface area (Å²) in [5.41, 5.74) is 2.61. The Balaban J connectivity index is 1.92. The Labute approximate surface area is 148 Å². The zero-order valence-corrected chi connectivity index (χ0v) is 14.8. The van der Waals surface area contributed by atoms with Gasteiger partial charge in [-0.1, -0.05) is 48.0 Å². The summed E-state index contributed by atoms with van der Waals surface area (Å²) in [7, 11) is 1.78. The van der Waals surface area contributed by atoms with Gasteiger partial charge in [0.15, 0.2) is 0 Å². The number of carbonyl (C=O) groups excluding carboxylic acids is 1. The SMILES string of the molecule is CC(CC(=O)N(C)Cc1ccccc1Cl)Nc1ccccc1CO. The van der Waals surface area contributed by atoms with Crippen LogP contribution < -0.4 is 5.32 Å². The Bertz CT molecular complexity index is 691. The van der Waals surface area contributed by atoms with E-state index in [2.05, 4.69) is 5.32 Å². The standard InChI is InChI=1S/C19H23ClN2O2/c1-14(21-18-10-6-4-8-16(18)13-23)11-19(24)22(2)12-15-7-3-5-9-17(15)20/h3-10,14,21,23H,11-13H2,1-2H3. The van der Waals surface area contributed by atoms with Gasteiger partial charge < -0.3 is 15.3 Å². The summed E-state index contributed by atoms with van der Waals surface area (Å²) in [4.78, 5) is 14.1. The molecule has 0 aliphatic carbocycles. The van der Waals surface area contributed by atoms with E-state index in [-0.39, 0.29) is 18.6 Å². The second-order valence-electron chi connectivity index (χ2n) is 5.91. The molecule has 1 unspecified atom stereocenters. The molecule has 1 atom stereocenters. The van der Waals surface area contributed by atoms with Crippen LogP contribution in [0.25, 0.3) is 0 Å². The van der Waals surface area contributed by atoms with E-state index in [4.69, 9.17) is 11.6 Å². The third-order valence-electron chi connectivity index (χ3n) is 3.86. The quantitative estimate of drug-likeness (QED) is 0.804. The number of halogens is 1. The fourth-order valence-electron chi connectivity index (χ4n) is 2.50. The highest BCUT2D eigenvalue weighted by molar-refractivity contribution is 6.31. The first kappa shape index (κ1) is 18.3. The van der Waals surface area contributed by atoms with Crippen molar-refractivity contribution in [1.29, 1.82) is 0 Å². The number of aliphatic hydroxyl groups is 1. The minimum Gasteiger partial charge on any atom is -0.392 e. The van der Waals surface area contributed by atoms with Gasteiger partial charge in [0.05, 0.1) is 6.61 Å². The lowest BCUT2D eigenvalue weighted by atomic mass is 10.1. The predicted octanol–water partition coefficient (Wildman–Crippen LogP) is 3.68. The minimum absolute atomic E-state index is 0.0315. The maximum atomic E-state index is 12.4. The Morgan fingerprint density at radius 2 is 1.79 bits per heavy atom. The molecule has 5 heteroatoms. The van der Waals surface area contributed by atoms with E-state index >= 15 is 0 Å². The van der Waals surface area contributed by atoms with Crippen molar-refractivity contribution < 1.29 is 9.90 Å². The van der Waals surface area contributed by atoms with Crippen molar-refractivity contribution in [3.63, 3.8) is 0 Å². The van der Waals surface area contributed by atoms with Gasteiger partial charge >= 0.3 is 0 Å². The monoisotopic (exact) mass is 346 g/mol. The van der Waals surface area contributed by atoms with Gasteiger partial charge in [0.25, 0.3) is 0 Å². The number of anilines is 1. The van der Waals surface area contributed by atoms with E-state index in [0.717, 1.165) is 16.8 Å². The number of aliphatic hydroxyl groups excluding tert-OH is 1. The van der Waals surface area contributed by atoms with Crippen LogP contribution in [0.15, 0.2) is 48.5 Å². The Hall–Kier alpha value is -2.04. The van der Waals surface area contributed by atoms with E-state index in [1.807, 2.05) is 55.5 Å². The van der Waals surface area contributed by atoms with Crippen LogP contribution in [0.3, 0.4) is 0 Å². The number of hydrogen-bond donors (Lipinski definition) is 2. The molecule has 0 aromatic heterocycles. The van der Waals surface area contributed by atoms with Gasteiger partial charge in [0, 0.05) is 42.3 Å². The number of hydrogen-bond acceptors (Lipinski definition) is 3. The zero-order chi connectivity index (χ0) is 17.5.